The second kappa shape index (κ2) is 7.21. The van der Waals surface area contributed by atoms with Gasteiger partial charge in [-0.25, -0.2) is 9.37 Å². The normalized spacial score (nSPS) is 10.7. The van der Waals surface area contributed by atoms with Crippen LogP contribution in [-0.2, 0) is 13.0 Å². The quantitative estimate of drug-likeness (QED) is 0.771. The summed E-state index contributed by atoms with van der Waals surface area (Å²) in [6.07, 6.45) is 1.82. The zero-order valence-electron chi connectivity index (χ0n) is 11.4. The first-order chi connectivity index (χ1) is 9.69. The minimum absolute atomic E-state index is 0.217. The van der Waals surface area contributed by atoms with Crippen molar-refractivity contribution in [1.82, 2.24) is 10.3 Å². The van der Waals surface area contributed by atoms with Crippen LogP contribution in [0.1, 0.15) is 17.7 Å². The van der Waals surface area contributed by atoms with Gasteiger partial charge in [-0.2, -0.15) is 0 Å². The number of thiazole rings is 1. The maximum absolute atomic E-state index is 13.6. The summed E-state index contributed by atoms with van der Waals surface area (Å²) in [7, 11) is 1.57. The number of hydrogen-bond acceptors (Lipinski definition) is 5. The second-order valence-electron chi connectivity index (χ2n) is 4.41. The van der Waals surface area contributed by atoms with Crippen molar-refractivity contribution in [2.45, 2.75) is 19.4 Å². The number of nitrogen functional groups attached to an aromatic ring is 1. The van der Waals surface area contributed by atoms with E-state index in [2.05, 4.69) is 10.3 Å². The van der Waals surface area contributed by atoms with Crippen LogP contribution in [0.3, 0.4) is 0 Å². The molecule has 0 radical (unpaired) electrons. The van der Waals surface area contributed by atoms with Gasteiger partial charge >= 0.3 is 0 Å². The molecule has 2 rings (SSSR count). The van der Waals surface area contributed by atoms with Crippen molar-refractivity contribution in [2.75, 3.05) is 19.4 Å². The number of nitrogens with two attached hydrogens (primary N) is 1. The number of aryl methyl sites for hydroxylation is 1. The molecule has 3 N–H and O–H groups in total. The fourth-order valence-corrected chi connectivity index (χ4v) is 2.47. The average molecular weight is 295 g/mol. The third kappa shape index (κ3) is 4.18. The highest BCUT2D eigenvalue weighted by Gasteiger charge is 2.04. The molecular formula is C14H18FN3OS. The Morgan fingerprint density at radius 2 is 2.30 bits per heavy atom. The van der Waals surface area contributed by atoms with Crippen LogP contribution in [0, 0.1) is 5.82 Å². The smallest absolute Gasteiger partial charge is 0.180 e. The SMILES string of the molecule is COc1ccc(F)c(CNCCCc2csc(N)n2)c1. The Kier molecular flexibility index (Phi) is 5.31. The number of nitrogens with zero attached hydrogens (tertiary/aromatic N) is 1. The van der Waals surface area contributed by atoms with Gasteiger partial charge in [-0.15, -0.1) is 11.3 Å². The molecule has 0 spiro atoms. The molecule has 0 saturated carbocycles. The number of rotatable bonds is 7. The van der Waals surface area contributed by atoms with Crippen molar-refractivity contribution in [3.8, 4) is 5.75 Å². The fourth-order valence-electron chi connectivity index (χ4n) is 1.87. The van der Waals surface area contributed by atoms with Crippen LogP contribution in [0.25, 0.3) is 0 Å². The van der Waals surface area contributed by atoms with Crippen molar-refractivity contribution < 1.29 is 9.13 Å². The van der Waals surface area contributed by atoms with Gasteiger partial charge in [0.1, 0.15) is 11.6 Å². The molecule has 0 saturated heterocycles. The molecule has 0 aliphatic carbocycles. The van der Waals surface area contributed by atoms with E-state index < -0.39 is 0 Å². The van der Waals surface area contributed by atoms with Crippen molar-refractivity contribution >= 4 is 16.5 Å². The number of benzene rings is 1. The molecule has 108 valence electrons. The van der Waals surface area contributed by atoms with E-state index in [1.165, 1.54) is 17.4 Å². The zero-order chi connectivity index (χ0) is 14.4. The van der Waals surface area contributed by atoms with E-state index >= 15 is 0 Å². The third-order valence-corrected chi connectivity index (χ3v) is 3.65. The van der Waals surface area contributed by atoms with E-state index in [1.807, 2.05) is 5.38 Å². The molecule has 0 aliphatic rings. The number of halogens is 1. The van der Waals surface area contributed by atoms with Gasteiger partial charge in [-0.3, -0.25) is 0 Å². The Balaban J connectivity index is 1.73. The molecule has 4 nitrogen and oxygen atoms in total. The van der Waals surface area contributed by atoms with Crippen molar-refractivity contribution in [2.24, 2.45) is 0 Å². The van der Waals surface area contributed by atoms with Crippen LogP contribution in [-0.4, -0.2) is 18.6 Å². The lowest BCUT2D eigenvalue weighted by molar-refractivity contribution is 0.412. The molecule has 1 aromatic heterocycles. The molecule has 1 aromatic carbocycles. The van der Waals surface area contributed by atoms with Crippen LogP contribution >= 0.6 is 11.3 Å². The van der Waals surface area contributed by atoms with Crippen LogP contribution in [0.15, 0.2) is 23.6 Å². The van der Waals surface area contributed by atoms with Crippen LogP contribution in [0.4, 0.5) is 9.52 Å². The van der Waals surface area contributed by atoms with E-state index in [9.17, 15) is 4.39 Å². The Labute approximate surface area is 121 Å². The highest BCUT2D eigenvalue weighted by atomic mass is 32.1. The topological polar surface area (TPSA) is 60.2 Å². The molecule has 0 aliphatic heterocycles. The molecule has 6 heteroatoms. The number of anilines is 1. The van der Waals surface area contributed by atoms with Crippen LogP contribution in [0.2, 0.25) is 0 Å². The van der Waals surface area contributed by atoms with E-state index in [1.54, 1.807) is 19.2 Å². The van der Waals surface area contributed by atoms with Gasteiger partial charge in [-0.1, -0.05) is 0 Å². The van der Waals surface area contributed by atoms with Crippen molar-refractivity contribution in [3.05, 3.63) is 40.7 Å². The molecule has 1 heterocycles. The molecule has 2 aromatic rings. The lowest BCUT2D eigenvalue weighted by Crippen LogP contribution is -2.16. The fraction of sp³-hybridized carbons (Fsp3) is 0.357. The summed E-state index contributed by atoms with van der Waals surface area (Å²) in [6, 6.07) is 4.75. The summed E-state index contributed by atoms with van der Waals surface area (Å²) in [4.78, 5) is 4.20. The zero-order valence-corrected chi connectivity index (χ0v) is 12.2. The maximum atomic E-state index is 13.6. The third-order valence-electron chi connectivity index (χ3n) is 2.92. The minimum Gasteiger partial charge on any atom is -0.497 e. The maximum Gasteiger partial charge on any atom is 0.180 e. The van der Waals surface area contributed by atoms with E-state index in [-0.39, 0.29) is 5.82 Å². The lowest BCUT2D eigenvalue weighted by Gasteiger charge is -2.07. The highest BCUT2D eigenvalue weighted by Crippen LogP contribution is 2.16. The Bertz CT molecular complexity index is 559. The van der Waals surface area contributed by atoms with Crippen molar-refractivity contribution in [3.63, 3.8) is 0 Å². The molecule has 0 fully saturated rings. The largest absolute Gasteiger partial charge is 0.497 e. The summed E-state index contributed by atoms with van der Waals surface area (Å²) >= 11 is 1.45. The summed E-state index contributed by atoms with van der Waals surface area (Å²) in [5.74, 6) is 0.451. The number of nitrogens with one attached hydrogen (secondary N) is 1. The van der Waals surface area contributed by atoms with Gasteiger partial charge in [0.05, 0.1) is 12.8 Å². The first kappa shape index (κ1) is 14.7. The Hall–Kier alpha value is -1.66. The molecule has 0 unspecified atom stereocenters. The van der Waals surface area contributed by atoms with Gasteiger partial charge in [0.2, 0.25) is 0 Å². The summed E-state index contributed by atoms with van der Waals surface area (Å²) in [6.45, 7) is 1.29. The van der Waals surface area contributed by atoms with Gasteiger partial charge in [0.25, 0.3) is 0 Å². The number of hydrogen-bond donors (Lipinski definition) is 2. The predicted octanol–water partition coefficient (Wildman–Crippen LogP) is 2.60. The van der Waals surface area contributed by atoms with Gasteiger partial charge in [-0.05, 0) is 37.6 Å². The Morgan fingerprint density at radius 1 is 1.45 bits per heavy atom. The molecule has 20 heavy (non-hydrogen) atoms. The number of ether oxygens (including phenoxy) is 1. The van der Waals surface area contributed by atoms with Gasteiger partial charge in [0.15, 0.2) is 5.13 Å². The number of aromatic nitrogens is 1. The first-order valence-corrected chi connectivity index (χ1v) is 7.30. The summed E-state index contributed by atoms with van der Waals surface area (Å²) in [5.41, 5.74) is 7.20. The van der Waals surface area contributed by atoms with E-state index in [0.717, 1.165) is 25.1 Å². The second-order valence-corrected chi connectivity index (χ2v) is 5.30. The van der Waals surface area contributed by atoms with Crippen LogP contribution < -0.4 is 15.8 Å². The molecule has 0 atom stereocenters. The van der Waals surface area contributed by atoms with E-state index in [0.29, 0.717) is 23.0 Å². The molecule has 0 amide bonds. The van der Waals surface area contributed by atoms with Crippen molar-refractivity contribution in [1.29, 1.82) is 0 Å². The predicted molar refractivity (Wildman–Crippen MR) is 79.5 cm³/mol. The molecular weight excluding hydrogens is 277 g/mol. The van der Waals surface area contributed by atoms with E-state index in [4.69, 9.17) is 10.5 Å². The van der Waals surface area contributed by atoms with Gasteiger partial charge < -0.3 is 15.8 Å². The summed E-state index contributed by atoms with van der Waals surface area (Å²) < 4.78 is 18.6. The highest BCUT2D eigenvalue weighted by molar-refractivity contribution is 7.13. The number of methoxy groups -OCH3 is 1. The average Bonchev–Trinajstić information content (AvgIpc) is 2.86. The molecule has 0 bridgehead atoms. The lowest BCUT2D eigenvalue weighted by atomic mass is 10.2. The first-order valence-electron chi connectivity index (χ1n) is 6.42. The standard InChI is InChI=1S/C14H18FN3OS/c1-19-12-4-5-13(15)10(7-12)8-17-6-2-3-11-9-20-14(16)18-11/h4-5,7,9,17H,2-3,6,8H2,1H3,(H2,16,18). The monoisotopic (exact) mass is 295 g/mol. The minimum atomic E-state index is -0.217. The summed E-state index contributed by atoms with van der Waals surface area (Å²) in [5, 5.41) is 5.79. The van der Waals surface area contributed by atoms with Crippen LogP contribution in [0.5, 0.6) is 5.75 Å². The Morgan fingerprint density at radius 3 is 3.00 bits per heavy atom. The van der Waals surface area contributed by atoms with Gasteiger partial charge in [0, 0.05) is 17.5 Å².